The van der Waals surface area contributed by atoms with E-state index in [1.54, 1.807) is 43.8 Å². The molecule has 2 heterocycles. The van der Waals surface area contributed by atoms with Gasteiger partial charge in [-0.1, -0.05) is 18.2 Å². The molecule has 0 bridgehead atoms. The van der Waals surface area contributed by atoms with E-state index in [4.69, 9.17) is 9.47 Å². The van der Waals surface area contributed by atoms with E-state index >= 15 is 0 Å². The average Bonchev–Trinajstić information content (AvgIpc) is 3.32. The van der Waals surface area contributed by atoms with Gasteiger partial charge in [0.1, 0.15) is 0 Å². The number of anilines is 1. The lowest BCUT2D eigenvalue weighted by atomic mass is 9.91. The highest BCUT2D eigenvalue weighted by molar-refractivity contribution is 7.90. The molecule has 1 N–H and O–H groups in total. The maximum absolute atomic E-state index is 13.0. The number of methoxy groups -OCH3 is 2. The Labute approximate surface area is 197 Å². The van der Waals surface area contributed by atoms with Crippen molar-refractivity contribution in [3.05, 3.63) is 69.9 Å². The van der Waals surface area contributed by atoms with Gasteiger partial charge < -0.3 is 14.8 Å². The third-order valence-corrected chi connectivity index (χ3v) is 7.77. The van der Waals surface area contributed by atoms with Crippen molar-refractivity contribution in [1.29, 1.82) is 0 Å². The highest BCUT2D eigenvalue weighted by atomic mass is 32.2. The van der Waals surface area contributed by atoms with Crippen molar-refractivity contribution in [3.63, 3.8) is 0 Å². The van der Waals surface area contributed by atoms with Crippen LogP contribution in [0.1, 0.15) is 22.0 Å². The van der Waals surface area contributed by atoms with E-state index in [0.29, 0.717) is 23.7 Å². The first-order valence-corrected chi connectivity index (χ1v) is 13.2. The Morgan fingerprint density at radius 3 is 2.52 bits per heavy atom. The summed E-state index contributed by atoms with van der Waals surface area (Å²) in [6.45, 7) is 0.792. The molecule has 7 nitrogen and oxygen atoms in total. The Hall–Kier alpha value is -2.88. The molecule has 0 spiro atoms. The molecular weight excluding hydrogens is 460 g/mol. The molecule has 174 valence electrons. The Morgan fingerprint density at radius 1 is 1.12 bits per heavy atom. The van der Waals surface area contributed by atoms with Gasteiger partial charge in [0.25, 0.3) is 0 Å². The molecule has 3 aromatic rings. The molecule has 1 aliphatic heterocycles. The molecule has 0 saturated carbocycles. The van der Waals surface area contributed by atoms with E-state index in [1.165, 1.54) is 6.07 Å². The van der Waals surface area contributed by atoms with Crippen LogP contribution in [0.25, 0.3) is 0 Å². The molecule has 0 saturated heterocycles. The van der Waals surface area contributed by atoms with Crippen LogP contribution in [-0.4, -0.2) is 52.8 Å². The fourth-order valence-electron chi connectivity index (χ4n) is 4.22. The lowest BCUT2D eigenvalue weighted by molar-refractivity contribution is -0.117. The lowest BCUT2D eigenvalue weighted by Gasteiger charge is -2.37. The topological polar surface area (TPSA) is 84.9 Å². The van der Waals surface area contributed by atoms with E-state index in [2.05, 4.69) is 16.3 Å². The van der Waals surface area contributed by atoms with Gasteiger partial charge in [0, 0.05) is 17.7 Å². The number of nitrogens with zero attached hydrogens (tertiary/aromatic N) is 1. The van der Waals surface area contributed by atoms with Crippen LogP contribution in [0.3, 0.4) is 0 Å². The van der Waals surface area contributed by atoms with Crippen LogP contribution in [0.4, 0.5) is 5.69 Å². The van der Waals surface area contributed by atoms with Crippen molar-refractivity contribution in [2.24, 2.45) is 0 Å². The zero-order valence-electron chi connectivity index (χ0n) is 18.7. The fourth-order valence-corrected chi connectivity index (χ4v) is 5.94. The summed E-state index contributed by atoms with van der Waals surface area (Å²) in [7, 11) is -0.237. The molecule has 33 heavy (non-hydrogen) atoms. The highest BCUT2D eigenvalue weighted by Gasteiger charge is 2.32. The van der Waals surface area contributed by atoms with Crippen molar-refractivity contribution in [1.82, 2.24) is 4.90 Å². The smallest absolute Gasteiger partial charge is 0.238 e. The van der Waals surface area contributed by atoms with Crippen LogP contribution in [0, 0.1) is 0 Å². The van der Waals surface area contributed by atoms with Crippen LogP contribution in [-0.2, 0) is 21.1 Å². The summed E-state index contributed by atoms with van der Waals surface area (Å²) in [6.07, 6.45) is 1.89. The molecule has 1 unspecified atom stereocenters. The Balaban J connectivity index is 1.64. The molecule has 0 fully saturated rings. The van der Waals surface area contributed by atoms with Crippen LogP contribution >= 0.6 is 11.3 Å². The van der Waals surface area contributed by atoms with Gasteiger partial charge in [-0.15, -0.1) is 11.3 Å². The van der Waals surface area contributed by atoms with Crippen molar-refractivity contribution >= 4 is 32.8 Å². The first kappa shape index (κ1) is 23.3. The number of fused-ring (bicyclic) bond motifs is 1. The van der Waals surface area contributed by atoms with Gasteiger partial charge in [0.05, 0.1) is 37.4 Å². The van der Waals surface area contributed by atoms with E-state index < -0.39 is 9.84 Å². The largest absolute Gasteiger partial charge is 0.493 e. The summed E-state index contributed by atoms with van der Waals surface area (Å²) < 4.78 is 35.2. The van der Waals surface area contributed by atoms with Crippen molar-refractivity contribution in [3.8, 4) is 11.5 Å². The van der Waals surface area contributed by atoms with E-state index in [0.717, 1.165) is 28.7 Å². The van der Waals surface area contributed by atoms with Gasteiger partial charge in [-0.3, -0.25) is 9.69 Å². The Bertz CT molecular complexity index is 1260. The SMILES string of the molecule is COc1cc2c(cc1OC)C(c1cccs1)N(CC(=O)Nc1ccccc1S(C)(=O)=O)CC2. The fraction of sp³-hybridized carbons (Fsp3) is 0.292. The third-order valence-electron chi connectivity index (χ3n) is 5.69. The van der Waals surface area contributed by atoms with Gasteiger partial charge in [0.15, 0.2) is 21.3 Å². The van der Waals surface area contributed by atoms with Crippen LogP contribution in [0.5, 0.6) is 11.5 Å². The number of nitrogens with one attached hydrogen (secondary N) is 1. The summed E-state index contributed by atoms with van der Waals surface area (Å²) in [5.74, 6) is 1.06. The quantitative estimate of drug-likeness (QED) is 0.548. The second-order valence-electron chi connectivity index (χ2n) is 7.86. The van der Waals surface area contributed by atoms with E-state index in [-0.39, 0.29) is 23.4 Å². The van der Waals surface area contributed by atoms with Crippen LogP contribution in [0.2, 0.25) is 0 Å². The van der Waals surface area contributed by atoms with Crippen molar-refractivity contribution < 1.29 is 22.7 Å². The molecule has 0 aliphatic carbocycles. The number of amides is 1. The number of sulfone groups is 1. The molecule has 1 atom stereocenters. The highest BCUT2D eigenvalue weighted by Crippen LogP contribution is 2.42. The minimum atomic E-state index is -3.47. The standard InChI is InChI=1S/C24H26N2O5S2/c1-30-19-13-16-10-11-26(24(21-8-6-12-32-21)17(16)14-20(19)31-2)15-23(27)25-18-7-4-5-9-22(18)33(3,28)29/h4-9,12-14,24H,10-11,15H2,1-3H3,(H,25,27). The molecule has 1 aliphatic rings. The van der Waals surface area contributed by atoms with Gasteiger partial charge >= 0.3 is 0 Å². The summed E-state index contributed by atoms with van der Waals surface area (Å²) >= 11 is 1.63. The summed E-state index contributed by atoms with van der Waals surface area (Å²) in [5.41, 5.74) is 2.53. The number of ether oxygens (including phenoxy) is 2. The molecule has 1 amide bonds. The number of rotatable bonds is 7. The van der Waals surface area contributed by atoms with Gasteiger partial charge in [0.2, 0.25) is 5.91 Å². The van der Waals surface area contributed by atoms with Crippen LogP contribution < -0.4 is 14.8 Å². The predicted molar refractivity (Wildman–Crippen MR) is 129 cm³/mol. The maximum Gasteiger partial charge on any atom is 0.238 e. The zero-order chi connectivity index (χ0) is 23.6. The number of carbonyl (C=O) groups excluding carboxylic acids is 1. The van der Waals surface area contributed by atoms with E-state index in [1.807, 2.05) is 23.6 Å². The minimum absolute atomic E-state index is 0.106. The monoisotopic (exact) mass is 486 g/mol. The number of benzene rings is 2. The second kappa shape index (κ2) is 9.54. The zero-order valence-corrected chi connectivity index (χ0v) is 20.3. The average molecular weight is 487 g/mol. The molecule has 9 heteroatoms. The molecule has 1 aromatic heterocycles. The van der Waals surface area contributed by atoms with Gasteiger partial charge in [-0.25, -0.2) is 8.42 Å². The van der Waals surface area contributed by atoms with Gasteiger partial charge in [-0.05, 0) is 53.3 Å². The molecule has 4 rings (SSSR count). The molecule has 0 radical (unpaired) electrons. The number of carbonyl (C=O) groups is 1. The predicted octanol–water partition coefficient (Wildman–Crippen LogP) is 3.76. The summed E-state index contributed by atoms with van der Waals surface area (Å²) in [6, 6.07) is 14.4. The normalized spacial score (nSPS) is 16.2. The Morgan fingerprint density at radius 2 is 1.85 bits per heavy atom. The van der Waals surface area contributed by atoms with Crippen LogP contribution in [0.15, 0.2) is 58.8 Å². The summed E-state index contributed by atoms with van der Waals surface area (Å²) in [5, 5.41) is 4.81. The van der Waals surface area contributed by atoms with E-state index in [9.17, 15) is 13.2 Å². The first-order valence-electron chi connectivity index (χ1n) is 10.4. The lowest BCUT2D eigenvalue weighted by Crippen LogP contribution is -2.41. The third kappa shape index (κ3) is 4.90. The number of thiophene rings is 1. The second-order valence-corrected chi connectivity index (χ2v) is 10.8. The molecule has 2 aromatic carbocycles. The minimum Gasteiger partial charge on any atom is -0.493 e. The maximum atomic E-state index is 13.0. The first-order chi connectivity index (χ1) is 15.8. The Kier molecular flexibility index (Phi) is 6.73. The van der Waals surface area contributed by atoms with Crippen molar-refractivity contribution in [2.45, 2.75) is 17.4 Å². The number of hydrogen-bond donors (Lipinski definition) is 1. The summed E-state index contributed by atoms with van der Waals surface area (Å²) in [4.78, 5) is 16.4. The van der Waals surface area contributed by atoms with Gasteiger partial charge in [-0.2, -0.15) is 0 Å². The van der Waals surface area contributed by atoms with Crippen molar-refractivity contribution in [2.75, 3.05) is 38.9 Å². The number of hydrogen-bond acceptors (Lipinski definition) is 7. The number of para-hydroxylation sites is 1. The molecular formula is C24H26N2O5S2.